The number of aromatic nitrogens is 5. The number of aliphatic hydroxyl groups is 1. The molecule has 2 atom stereocenters. The van der Waals surface area contributed by atoms with Crippen molar-refractivity contribution in [2.75, 3.05) is 0 Å². The molecule has 0 aliphatic carbocycles. The summed E-state index contributed by atoms with van der Waals surface area (Å²) in [6.07, 6.45) is 1.93. The van der Waals surface area contributed by atoms with E-state index in [9.17, 15) is 5.11 Å². The van der Waals surface area contributed by atoms with Crippen LogP contribution in [0, 0.1) is 11.3 Å². The topological polar surface area (TPSA) is 127 Å². The van der Waals surface area contributed by atoms with Crippen molar-refractivity contribution in [3.8, 4) is 23.3 Å². The van der Waals surface area contributed by atoms with Gasteiger partial charge in [-0.2, -0.15) is 10.4 Å². The molecule has 0 amide bonds. The SMILES string of the molecule is CC(Oc1ccc2[nH]nc(-c3nc4c([nH]3)CN(C(O)CC#N)C4)c2c1)c1c(Cl)cncc1Cl. The molecule has 4 heterocycles. The van der Waals surface area contributed by atoms with Gasteiger partial charge >= 0.3 is 0 Å². The third kappa shape index (κ3) is 4.03. The Morgan fingerprint density at radius 1 is 1.27 bits per heavy atom. The summed E-state index contributed by atoms with van der Waals surface area (Å²) < 4.78 is 6.13. The normalized spacial score (nSPS) is 15.4. The monoisotopic (exact) mass is 483 g/mol. The number of halogens is 2. The van der Waals surface area contributed by atoms with Gasteiger partial charge in [0, 0.05) is 36.4 Å². The van der Waals surface area contributed by atoms with Crippen LogP contribution in [0.3, 0.4) is 0 Å². The first kappa shape index (κ1) is 21.7. The molecule has 0 saturated carbocycles. The number of fused-ring (bicyclic) bond motifs is 2. The van der Waals surface area contributed by atoms with E-state index in [0.717, 1.165) is 22.3 Å². The number of aromatic amines is 2. The van der Waals surface area contributed by atoms with Crippen LogP contribution in [0.4, 0.5) is 0 Å². The average Bonchev–Trinajstić information content (AvgIpc) is 3.46. The minimum Gasteiger partial charge on any atom is -0.486 e. The van der Waals surface area contributed by atoms with Crippen LogP contribution in [0.15, 0.2) is 30.6 Å². The molecule has 2 unspecified atom stereocenters. The van der Waals surface area contributed by atoms with Gasteiger partial charge in [-0.15, -0.1) is 0 Å². The number of hydrogen-bond acceptors (Lipinski definition) is 7. The molecule has 168 valence electrons. The van der Waals surface area contributed by atoms with Gasteiger partial charge in [-0.1, -0.05) is 23.2 Å². The van der Waals surface area contributed by atoms with E-state index >= 15 is 0 Å². The second kappa shape index (κ2) is 8.65. The molecule has 0 bridgehead atoms. The molecule has 1 aromatic carbocycles. The average molecular weight is 484 g/mol. The Labute approximate surface area is 198 Å². The number of pyridine rings is 1. The predicted octanol–water partition coefficient (Wildman–Crippen LogP) is 4.34. The number of rotatable bonds is 6. The third-order valence-corrected chi connectivity index (χ3v) is 6.24. The highest BCUT2D eigenvalue weighted by atomic mass is 35.5. The van der Waals surface area contributed by atoms with Crippen molar-refractivity contribution in [3.05, 3.63) is 57.6 Å². The number of ether oxygens (including phenoxy) is 1. The van der Waals surface area contributed by atoms with Crippen LogP contribution in [0.1, 0.15) is 36.4 Å². The molecule has 4 aromatic rings. The van der Waals surface area contributed by atoms with Gasteiger partial charge in [-0.3, -0.25) is 15.0 Å². The van der Waals surface area contributed by atoms with E-state index in [2.05, 4.69) is 25.1 Å². The number of hydrogen-bond donors (Lipinski definition) is 3. The second-order valence-corrected chi connectivity index (χ2v) is 8.63. The fourth-order valence-corrected chi connectivity index (χ4v) is 4.68. The van der Waals surface area contributed by atoms with E-state index in [1.54, 1.807) is 4.90 Å². The molecule has 1 aliphatic rings. The molecular formula is C22H19Cl2N7O2. The number of nitrogens with one attached hydrogen (secondary N) is 2. The zero-order valence-corrected chi connectivity index (χ0v) is 19.0. The second-order valence-electron chi connectivity index (χ2n) is 7.82. The number of imidazole rings is 1. The fourth-order valence-electron chi connectivity index (χ4n) is 4.01. The van der Waals surface area contributed by atoms with Crippen LogP contribution in [-0.2, 0) is 13.1 Å². The Kier molecular flexibility index (Phi) is 5.68. The summed E-state index contributed by atoms with van der Waals surface area (Å²) in [5, 5.41) is 28.1. The Bertz CT molecular complexity index is 1330. The van der Waals surface area contributed by atoms with Gasteiger partial charge in [0.25, 0.3) is 0 Å². The number of nitriles is 1. The molecule has 33 heavy (non-hydrogen) atoms. The van der Waals surface area contributed by atoms with Crippen LogP contribution < -0.4 is 4.74 Å². The molecule has 1 aliphatic heterocycles. The molecule has 0 spiro atoms. The van der Waals surface area contributed by atoms with Gasteiger partial charge in [0.15, 0.2) is 5.82 Å². The summed E-state index contributed by atoms with van der Waals surface area (Å²) in [6, 6.07) is 7.62. The van der Waals surface area contributed by atoms with Crippen LogP contribution in [0.25, 0.3) is 22.4 Å². The van der Waals surface area contributed by atoms with Gasteiger partial charge in [0.1, 0.15) is 23.8 Å². The summed E-state index contributed by atoms with van der Waals surface area (Å²) in [6.45, 7) is 2.83. The lowest BCUT2D eigenvalue weighted by Gasteiger charge is -2.19. The number of H-pyrrole nitrogens is 2. The number of aliphatic hydroxyl groups excluding tert-OH is 1. The smallest absolute Gasteiger partial charge is 0.159 e. The van der Waals surface area contributed by atoms with E-state index < -0.39 is 6.23 Å². The highest BCUT2D eigenvalue weighted by Crippen LogP contribution is 2.35. The molecule has 3 N–H and O–H groups in total. The zero-order valence-electron chi connectivity index (χ0n) is 17.5. The molecular weight excluding hydrogens is 465 g/mol. The maximum Gasteiger partial charge on any atom is 0.159 e. The lowest BCUT2D eigenvalue weighted by Crippen LogP contribution is -2.30. The van der Waals surface area contributed by atoms with Crippen LogP contribution in [0.5, 0.6) is 5.75 Å². The molecule has 0 saturated heterocycles. The summed E-state index contributed by atoms with van der Waals surface area (Å²) in [5.41, 5.74) is 3.92. The summed E-state index contributed by atoms with van der Waals surface area (Å²) in [7, 11) is 0. The molecule has 5 rings (SSSR count). The highest BCUT2D eigenvalue weighted by molar-refractivity contribution is 6.35. The van der Waals surface area contributed by atoms with Gasteiger partial charge in [0.2, 0.25) is 0 Å². The first-order valence-corrected chi connectivity index (χ1v) is 11.0. The van der Waals surface area contributed by atoms with E-state index in [4.69, 9.17) is 33.2 Å². The van der Waals surface area contributed by atoms with Crippen LogP contribution in [0.2, 0.25) is 10.0 Å². The largest absolute Gasteiger partial charge is 0.486 e. The Morgan fingerprint density at radius 2 is 2.06 bits per heavy atom. The highest BCUT2D eigenvalue weighted by Gasteiger charge is 2.28. The van der Waals surface area contributed by atoms with Crippen LogP contribution >= 0.6 is 23.2 Å². The first-order valence-electron chi connectivity index (χ1n) is 10.3. The van der Waals surface area contributed by atoms with Gasteiger partial charge in [-0.25, -0.2) is 4.98 Å². The summed E-state index contributed by atoms with van der Waals surface area (Å²) >= 11 is 12.5. The first-order chi connectivity index (χ1) is 15.9. The van der Waals surface area contributed by atoms with Gasteiger partial charge in [-0.05, 0) is 25.1 Å². The van der Waals surface area contributed by atoms with Crippen molar-refractivity contribution in [1.82, 2.24) is 30.0 Å². The molecule has 3 aromatic heterocycles. The van der Waals surface area contributed by atoms with Crippen molar-refractivity contribution in [1.29, 1.82) is 5.26 Å². The quantitative estimate of drug-likeness (QED) is 0.372. The van der Waals surface area contributed by atoms with E-state index in [1.807, 2.05) is 31.2 Å². The van der Waals surface area contributed by atoms with E-state index in [-0.39, 0.29) is 12.5 Å². The molecule has 0 radical (unpaired) electrons. The number of nitrogens with zero attached hydrogens (tertiary/aromatic N) is 5. The van der Waals surface area contributed by atoms with Crippen molar-refractivity contribution >= 4 is 34.1 Å². The van der Waals surface area contributed by atoms with Gasteiger partial charge < -0.3 is 14.8 Å². The fraction of sp³-hybridized carbons (Fsp3) is 0.273. The molecule has 11 heteroatoms. The third-order valence-electron chi connectivity index (χ3n) is 5.64. The lowest BCUT2D eigenvalue weighted by molar-refractivity contribution is 0.00336. The maximum atomic E-state index is 10.1. The van der Waals surface area contributed by atoms with Crippen molar-refractivity contribution in [2.24, 2.45) is 0 Å². The minimum atomic E-state index is -0.809. The van der Waals surface area contributed by atoms with Crippen molar-refractivity contribution in [2.45, 2.75) is 38.8 Å². The standard InChI is InChI=1S/C22H19Cl2N7O2/c1-11(20-14(23)7-26-8-15(20)24)33-12-2-3-16-13(6-12)21(30-29-16)22-27-17-9-31(10-18(17)28-22)19(32)4-5-25/h2-3,6-8,11,19,32H,4,9-10H2,1H3,(H,27,28)(H,29,30). The molecule has 9 nitrogen and oxygen atoms in total. The maximum absolute atomic E-state index is 10.1. The summed E-state index contributed by atoms with van der Waals surface area (Å²) in [4.78, 5) is 13.8. The zero-order chi connectivity index (χ0) is 23.1. The Balaban J connectivity index is 1.40. The Morgan fingerprint density at radius 3 is 2.79 bits per heavy atom. The van der Waals surface area contributed by atoms with Gasteiger partial charge in [0.05, 0.1) is 39.4 Å². The van der Waals surface area contributed by atoms with Crippen molar-refractivity contribution < 1.29 is 9.84 Å². The lowest BCUT2D eigenvalue weighted by atomic mass is 10.1. The Hall–Kier alpha value is -3.16. The van der Waals surface area contributed by atoms with E-state index in [1.165, 1.54) is 12.4 Å². The van der Waals surface area contributed by atoms with Crippen molar-refractivity contribution in [3.63, 3.8) is 0 Å². The summed E-state index contributed by atoms with van der Waals surface area (Å²) in [5.74, 6) is 1.26. The number of benzene rings is 1. The minimum absolute atomic E-state index is 0.0538. The predicted molar refractivity (Wildman–Crippen MR) is 122 cm³/mol. The van der Waals surface area contributed by atoms with E-state index in [0.29, 0.717) is 46.0 Å². The van der Waals surface area contributed by atoms with Crippen LogP contribution in [-0.4, -0.2) is 41.4 Å². The molecule has 0 fully saturated rings.